The normalized spacial score (nSPS) is 10.3. The third-order valence-electron chi connectivity index (χ3n) is 2.26. The van der Waals surface area contributed by atoms with Gasteiger partial charge in [0.15, 0.2) is 6.29 Å². The van der Waals surface area contributed by atoms with Crippen molar-refractivity contribution >= 4 is 6.29 Å². The molecule has 0 atom stereocenters. The minimum atomic E-state index is -0.0370. The molecule has 104 valence electrons. The number of rotatable bonds is 9. The first kappa shape index (κ1) is 18.9. The van der Waals surface area contributed by atoms with Crippen molar-refractivity contribution < 1.29 is 14.3 Å². The van der Waals surface area contributed by atoms with Gasteiger partial charge in [-0.25, -0.2) is 0 Å². The van der Waals surface area contributed by atoms with Gasteiger partial charge in [0.05, 0.1) is 0 Å². The van der Waals surface area contributed by atoms with E-state index < -0.39 is 0 Å². The van der Waals surface area contributed by atoms with E-state index in [0.29, 0.717) is 6.42 Å². The standard InChI is InChI=1S/C7H15NO.C6H14O2/c1-3-8(4-2)6-5-7-9;1-4-7-6(3)8-5-2/h7H,3-6H2,1-2H3;6H,4-5H2,1-3H3. The molecule has 0 fully saturated rings. The zero-order chi connectivity index (χ0) is 13.5. The molecule has 0 saturated heterocycles. The molecule has 0 saturated carbocycles. The fourth-order valence-corrected chi connectivity index (χ4v) is 1.29. The van der Waals surface area contributed by atoms with Crippen LogP contribution in [-0.4, -0.2) is 50.3 Å². The number of nitrogens with zero attached hydrogens (tertiary/aromatic N) is 1. The van der Waals surface area contributed by atoms with Crippen LogP contribution in [0.5, 0.6) is 0 Å². The van der Waals surface area contributed by atoms with E-state index in [-0.39, 0.29) is 6.29 Å². The first-order chi connectivity index (χ1) is 8.15. The van der Waals surface area contributed by atoms with E-state index in [1.807, 2.05) is 20.8 Å². The lowest BCUT2D eigenvalue weighted by molar-refractivity contribution is -0.123. The maximum Gasteiger partial charge on any atom is 0.154 e. The molecule has 4 heteroatoms. The predicted molar refractivity (Wildman–Crippen MR) is 71.2 cm³/mol. The molecule has 0 heterocycles. The lowest BCUT2D eigenvalue weighted by Gasteiger charge is -2.15. The Kier molecular flexibility index (Phi) is 17.3. The second-order valence-corrected chi connectivity index (χ2v) is 3.46. The molecule has 0 amide bonds. The molecule has 0 unspecified atom stereocenters. The number of ether oxygens (including phenoxy) is 2. The van der Waals surface area contributed by atoms with E-state index >= 15 is 0 Å². The Morgan fingerprint density at radius 3 is 1.82 bits per heavy atom. The summed E-state index contributed by atoms with van der Waals surface area (Å²) in [7, 11) is 0. The van der Waals surface area contributed by atoms with Crippen LogP contribution in [0.15, 0.2) is 0 Å². The van der Waals surface area contributed by atoms with Crippen molar-refractivity contribution in [1.82, 2.24) is 4.90 Å². The van der Waals surface area contributed by atoms with Crippen molar-refractivity contribution in [3.63, 3.8) is 0 Å². The average molecular weight is 247 g/mol. The monoisotopic (exact) mass is 247 g/mol. The SMILES string of the molecule is CCN(CC)CCC=O.CCOC(C)OCC. The molecule has 0 radical (unpaired) electrons. The highest BCUT2D eigenvalue weighted by Gasteiger charge is 1.95. The molecule has 4 nitrogen and oxygen atoms in total. The van der Waals surface area contributed by atoms with Gasteiger partial charge in [0.1, 0.15) is 6.29 Å². The van der Waals surface area contributed by atoms with E-state index in [4.69, 9.17) is 9.47 Å². The molecule has 0 aliphatic rings. The van der Waals surface area contributed by atoms with Crippen LogP contribution in [0.1, 0.15) is 41.0 Å². The Balaban J connectivity index is 0. The molecule has 0 aromatic carbocycles. The predicted octanol–water partition coefficient (Wildman–Crippen LogP) is 2.32. The van der Waals surface area contributed by atoms with Crippen molar-refractivity contribution in [2.24, 2.45) is 0 Å². The maximum absolute atomic E-state index is 9.91. The molecule has 0 aliphatic heterocycles. The highest BCUT2D eigenvalue weighted by atomic mass is 16.7. The second-order valence-electron chi connectivity index (χ2n) is 3.46. The average Bonchev–Trinajstić information content (AvgIpc) is 2.32. The lowest BCUT2D eigenvalue weighted by atomic mass is 10.4. The van der Waals surface area contributed by atoms with E-state index in [0.717, 1.165) is 39.1 Å². The summed E-state index contributed by atoms with van der Waals surface area (Å²) in [5.74, 6) is 0. The zero-order valence-electron chi connectivity index (χ0n) is 12.1. The van der Waals surface area contributed by atoms with Crippen LogP contribution in [0.3, 0.4) is 0 Å². The molecule has 0 bridgehead atoms. The Bertz CT molecular complexity index is 144. The van der Waals surface area contributed by atoms with Gasteiger partial charge in [0.2, 0.25) is 0 Å². The van der Waals surface area contributed by atoms with Crippen molar-refractivity contribution in [1.29, 1.82) is 0 Å². The minimum absolute atomic E-state index is 0.0370. The minimum Gasteiger partial charge on any atom is -0.353 e. The molecule has 0 aliphatic carbocycles. The first-order valence-electron chi connectivity index (χ1n) is 6.55. The van der Waals surface area contributed by atoms with E-state index in [2.05, 4.69) is 18.7 Å². The molecule has 0 aromatic rings. The summed E-state index contributed by atoms with van der Waals surface area (Å²) in [6, 6.07) is 0. The van der Waals surface area contributed by atoms with Gasteiger partial charge in [0, 0.05) is 26.2 Å². The fraction of sp³-hybridized carbons (Fsp3) is 0.923. The summed E-state index contributed by atoms with van der Waals surface area (Å²) < 4.78 is 10.1. The summed E-state index contributed by atoms with van der Waals surface area (Å²) in [6.45, 7) is 14.5. The summed E-state index contributed by atoms with van der Waals surface area (Å²) in [5.41, 5.74) is 0. The molecule has 0 aromatic heterocycles. The van der Waals surface area contributed by atoms with Crippen LogP contribution in [0.4, 0.5) is 0 Å². The van der Waals surface area contributed by atoms with Gasteiger partial charge in [0.25, 0.3) is 0 Å². The van der Waals surface area contributed by atoms with Gasteiger partial charge in [-0.2, -0.15) is 0 Å². The third-order valence-corrected chi connectivity index (χ3v) is 2.26. The van der Waals surface area contributed by atoms with Gasteiger partial charge in [-0.1, -0.05) is 13.8 Å². The van der Waals surface area contributed by atoms with Gasteiger partial charge in [-0.15, -0.1) is 0 Å². The van der Waals surface area contributed by atoms with Crippen LogP contribution in [0.25, 0.3) is 0 Å². The molecule has 0 spiro atoms. The highest BCUT2D eigenvalue weighted by molar-refractivity contribution is 5.49. The fourth-order valence-electron chi connectivity index (χ4n) is 1.29. The molecule has 17 heavy (non-hydrogen) atoms. The van der Waals surface area contributed by atoms with Gasteiger partial charge in [-0.3, -0.25) is 0 Å². The quantitative estimate of drug-likeness (QED) is 0.463. The van der Waals surface area contributed by atoms with Crippen molar-refractivity contribution in [3.05, 3.63) is 0 Å². The van der Waals surface area contributed by atoms with Crippen LogP contribution >= 0.6 is 0 Å². The van der Waals surface area contributed by atoms with Crippen LogP contribution < -0.4 is 0 Å². The van der Waals surface area contributed by atoms with Gasteiger partial charge >= 0.3 is 0 Å². The summed E-state index contributed by atoms with van der Waals surface area (Å²) in [4.78, 5) is 12.1. The van der Waals surface area contributed by atoms with Gasteiger partial charge < -0.3 is 19.2 Å². The van der Waals surface area contributed by atoms with E-state index in [9.17, 15) is 4.79 Å². The summed E-state index contributed by atoms with van der Waals surface area (Å²) in [6.07, 6.45) is 1.60. The second kappa shape index (κ2) is 15.6. The number of hydrogen-bond donors (Lipinski definition) is 0. The first-order valence-corrected chi connectivity index (χ1v) is 6.55. The van der Waals surface area contributed by atoms with Gasteiger partial charge in [-0.05, 0) is 33.9 Å². The Morgan fingerprint density at radius 1 is 1.06 bits per heavy atom. The van der Waals surface area contributed by atoms with E-state index in [1.165, 1.54) is 0 Å². The summed E-state index contributed by atoms with van der Waals surface area (Å²) >= 11 is 0. The molecular formula is C13H29NO3. The number of carbonyl (C=O) groups is 1. The van der Waals surface area contributed by atoms with Crippen LogP contribution in [0, 0.1) is 0 Å². The Hall–Kier alpha value is -0.450. The molecule has 0 rings (SSSR count). The number of aldehydes is 1. The number of carbonyl (C=O) groups excluding carboxylic acids is 1. The largest absolute Gasteiger partial charge is 0.353 e. The van der Waals surface area contributed by atoms with Crippen LogP contribution in [-0.2, 0) is 14.3 Å². The van der Waals surface area contributed by atoms with Crippen molar-refractivity contribution in [2.45, 2.75) is 47.3 Å². The third kappa shape index (κ3) is 15.5. The molecule has 0 N–H and O–H groups in total. The highest BCUT2D eigenvalue weighted by Crippen LogP contribution is 1.90. The van der Waals surface area contributed by atoms with E-state index in [1.54, 1.807) is 0 Å². The zero-order valence-corrected chi connectivity index (χ0v) is 12.1. The van der Waals surface area contributed by atoms with Crippen LogP contribution in [0.2, 0.25) is 0 Å². The van der Waals surface area contributed by atoms with Crippen molar-refractivity contribution in [2.75, 3.05) is 32.8 Å². The molecular weight excluding hydrogens is 218 g/mol. The smallest absolute Gasteiger partial charge is 0.154 e. The summed E-state index contributed by atoms with van der Waals surface area (Å²) in [5, 5.41) is 0. The Morgan fingerprint density at radius 2 is 1.53 bits per heavy atom. The topological polar surface area (TPSA) is 38.8 Å². The maximum atomic E-state index is 9.91. The Labute approximate surface area is 106 Å². The lowest BCUT2D eigenvalue weighted by Crippen LogP contribution is -2.24. The number of hydrogen-bond acceptors (Lipinski definition) is 4. The van der Waals surface area contributed by atoms with Crippen molar-refractivity contribution in [3.8, 4) is 0 Å².